The monoisotopic (exact) mass is 237 g/mol. The maximum atomic E-state index is 11.9. The number of anilines is 1. The molecule has 0 aliphatic heterocycles. The molecule has 1 aromatic rings. The molecule has 0 saturated carbocycles. The van der Waals surface area contributed by atoms with Gasteiger partial charge < -0.3 is 5.32 Å². The van der Waals surface area contributed by atoms with Crippen LogP contribution in [-0.2, 0) is 11.2 Å². The standard InChI is InChI=1S/C11H15N3OS/c1-2-9-13-14-11(16-9)12-10(15)8-6-4-3-5-7-8/h3-4,8H,2,5-7H2,1H3,(H,12,14,15)/t8-/m1/s1. The third kappa shape index (κ3) is 2.66. The Hall–Kier alpha value is -1.23. The molecule has 1 aliphatic rings. The van der Waals surface area contributed by atoms with Gasteiger partial charge >= 0.3 is 0 Å². The smallest absolute Gasteiger partial charge is 0.229 e. The third-order valence-electron chi connectivity index (χ3n) is 2.64. The number of nitrogens with zero attached hydrogens (tertiary/aromatic N) is 2. The summed E-state index contributed by atoms with van der Waals surface area (Å²) in [5, 5.41) is 12.3. The zero-order valence-electron chi connectivity index (χ0n) is 9.27. The Bertz CT molecular complexity index is 400. The zero-order chi connectivity index (χ0) is 11.4. The summed E-state index contributed by atoms with van der Waals surface area (Å²) in [6.45, 7) is 2.03. The van der Waals surface area contributed by atoms with Gasteiger partial charge in [0, 0.05) is 5.92 Å². The highest BCUT2D eigenvalue weighted by Crippen LogP contribution is 2.21. The van der Waals surface area contributed by atoms with Crippen LogP contribution in [0.3, 0.4) is 0 Å². The molecule has 86 valence electrons. The Morgan fingerprint density at radius 3 is 3.06 bits per heavy atom. The molecule has 1 N–H and O–H groups in total. The van der Waals surface area contributed by atoms with Gasteiger partial charge in [-0.2, -0.15) is 0 Å². The SMILES string of the molecule is CCc1nnc(NC(=O)[C@@H]2CC=CCC2)s1. The van der Waals surface area contributed by atoms with Gasteiger partial charge in [-0.3, -0.25) is 4.79 Å². The number of amides is 1. The lowest BCUT2D eigenvalue weighted by Gasteiger charge is -2.15. The Labute approximate surface area is 98.8 Å². The van der Waals surface area contributed by atoms with Crippen LogP contribution in [0, 0.1) is 5.92 Å². The van der Waals surface area contributed by atoms with Crippen LogP contribution in [0.15, 0.2) is 12.2 Å². The van der Waals surface area contributed by atoms with Crippen LogP contribution in [0.5, 0.6) is 0 Å². The fourth-order valence-corrected chi connectivity index (χ4v) is 2.37. The lowest BCUT2D eigenvalue weighted by atomic mass is 9.94. The van der Waals surface area contributed by atoms with Gasteiger partial charge in [0.05, 0.1) is 0 Å². The van der Waals surface area contributed by atoms with Crippen molar-refractivity contribution in [2.45, 2.75) is 32.6 Å². The topological polar surface area (TPSA) is 54.9 Å². The van der Waals surface area contributed by atoms with Gasteiger partial charge in [0.2, 0.25) is 11.0 Å². The molecule has 0 aromatic carbocycles. The number of carbonyl (C=O) groups excluding carboxylic acids is 1. The Morgan fingerprint density at radius 1 is 1.56 bits per heavy atom. The first-order chi connectivity index (χ1) is 7.79. The minimum Gasteiger partial charge on any atom is -0.300 e. The Morgan fingerprint density at radius 2 is 2.44 bits per heavy atom. The molecule has 0 bridgehead atoms. The van der Waals surface area contributed by atoms with Crippen LogP contribution in [0.2, 0.25) is 0 Å². The fraction of sp³-hybridized carbons (Fsp3) is 0.545. The van der Waals surface area contributed by atoms with E-state index >= 15 is 0 Å². The molecule has 16 heavy (non-hydrogen) atoms. The van der Waals surface area contributed by atoms with Crippen molar-refractivity contribution in [3.63, 3.8) is 0 Å². The van der Waals surface area contributed by atoms with Crippen LogP contribution in [0.25, 0.3) is 0 Å². The van der Waals surface area contributed by atoms with E-state index in [4.69, 9.17) is 0 Å². The Kier molecular flexibility index (Phi) is 3.66. The number of aromatic nitrogens is 2. The van der Waals surface area contributed by atoms with E-state index in [0.717, 1.165) is 30.7 Å². The minimum absolute atomic E-state index is 0.0724. The van der Waals surface area contributed by atoms with Crippen LogP contribution in [0.4, 0.5) is 5.13 Å². The van der Waals surface area contributed by atoms with E-state index in [0.29, 0.717) is 5.13 Å². The van der Waals surface area contributed by atoms with Crippen LogP contribution < -0.4 is 5.32 Å². The number of allylic oxidation sites excluding steroid dienone is 2. The van der Waals surface area contributed by atoms with Crippen molar-refractivity contribution < 1.29 is 4.79 Å². The van der Waals surface area contributed by atoms with Gasteiger partial charge in [-0.15, -0.1) is 10.2 Å². The van der Waals surface area contributed by atoms with E-state index in [1.54, 1.807) is 0 Å². The highest BCUT2D eigenvalue weighted by Gasteiger charge is 2.19. The van der Waals surface area contributed by atoms with E-state index in [1.165, 1.54) is 11.3 Å². The zero-order valence-corrected chi connectivity index (χ0v) is 10.1. The third-order valence-corrected chi connectivity index (χ3v) is 3.62. The summed E-state index contributed by atoms with van der Waals surface area (Å²) >= 11 is 1.45. The molecule has 0 radical (unpaired) electrons. The molecular formula is C11H15N3OS. The number of aryl methyl sites for hydroxylation is 1. The van der Waals surface area contributed by atoms with Crippen molar-refractivity contribution in [1.29, 1.82) is 0 Å². The number of carbonyl (C=O) groups is 1. The largest absolute Gasteiger partial charge is 0.300 e. The molecule has 0 unspecified atom stereocenters. The first-order valence-corrected chi connectivity index (χ1v) is 6.39. The summed E-state index contributed by atoms with van der Waals surface area (Å²) in [6, 6.07) is 0. The van der Waals surface area contributed by atoms with E-state index in [1.807, 2.05) is 6.92 Å². The summed E-state index contributed by atoms with van der Waals surface area (Å²) in [7, 11) is 0. The van der Waals surface area contributed by atoms with Crippen LogP contribution >= 0.6 is 11.3 Å². The van der Waals surface area contributed by atoms with Crippen molar-refractivity contribution >= 4 is 22.4 Å². The van der Waals surface area contributed by atoms with Gasteiger partial charge in [-0.1, -0.05) is 30.4 Å². The lowest BCUT2D eigenvalue weighted by molar-refractivity contribution is -0.120. The molecule has 1 aliphatic carbocycles. The second kappa shape index (κ2) is 5.21. The quantitative estimate of drug-likeness (QED) is 0.821. The second-order valence-corrected chi connectivity index (χ2v) is 4.89. The van der Waals surface area contributed by atoms with Crippen LogP contribution in [0.1, 0.15) is 31.2 Å². The van der Waals surface area contributed by atoms with Crippen LogP contribution in [-0.4, -0.2) is 16.1 Å². The number of hydrogen-bond acceptors (Lipinski definition) is 4. The van der Waals surface area contributed by atoms with Gasteiger partial charge in [-0.25, -0.2) is 0 Å². The lowest BCUT2D eigenvalue weighted by Crippen LogP contribution is -2.23. The predicted octanol–water partition coefficient (Wildman–Crippen LogP) is 2.40. The van der Waals surface area contributed by atoms with Gasteiger partial charge in [-0.05, 0) is 25.7 Å². The van der Waals surface area contributed by atoms with Crippen molar-refractivity contribution in [3.05, 3.63) is 17.2 Å². The predicted molar refractivity (Wildman–Crippen MR) is 64.4 cm³/mol. The van der Waals surface area contributed by atoms with E-state index in [9.17, 15) is 4.79 Å². The highest BCUT2D eigenvalue weighted by molar-refractivity contribution is 7.15. The highest BCUT2D eigenvalue weighted by atomic mass is 32.1. The van der Waals surface area contributed by atoms with Gasteiger partial charge in [0.15, 0.2) is 0 Å². The molecule has 0 spiro atoms. The molecule has 1 aromatic heterocycles. The maximum absolute atomic E-state index is 11.9. The summed E-state index contributed by atoms with van der Waals surface area (Å²) in [5.74, 6) is 0.169. The Balaban J connectivity index is 1.93. The second-order valence-electron chi connectivity index (χ2n) is 3.83. The minimum atomic E-state index is 0.0724. The number of nitrogens with one attached hydrogen (secondary N) is 1. The molecule has 2 rings (SSSR count). The molecule has 0 fully saturated rings. The van der Waals surface area contributed by atoms with Crippen molar-refractivity contribution in [2.75, 3.05) is 5.32 Å². The van der Waals surface area contributed by atoms with Crippen molar-refractivity contribution in [3.8, 4) is 0 Å². The number of rotatable bonds is 3. The average molecular weight is 237 g/mol. The summed E-state index contributed by atoms with van der Waals surface area (Å²) in [6.07, 6.45) is 7.83. The summed E-state index contributed by atoms with van der Waals surface area (Å²) in [5.41, 5.74) is 0. The summed E-state index contributed by atoms with van der Waals surface area (Å²) in [4.78, 5) is 11.9. The van der Waals surface area contributed by atoms with E-state index in [-0.39, 0.29) is 11.8 Å². The molecule has 4 nitrogen and oxygen atoms in total. The van der Waals surface area contributed by atoms with Gasteiger partial charge in [0.1, 0.15) is 5.01 Å². The maximum Gasteiger partial charge on any atom is 0.229 e. The average Bonchev–Trinajstić information content (AvgIpc) is 2.78. The fourth-order valence-electron chi connectivity index (χ4n) is 1.69. The molecule has 5 heteroatoms. The van der Waals surface area contributed by atoms with Gasteiger partial charge in [0.25, 0.3) is 0 Å². The normalized spacial score (nSPS) is 19.7. The molecule has 1 atom stereocenters. The first-order valence-electron chi connectivity index (χ1n) is 5.58. The molecule has 1 heterocycles. The molecular weight excluding hydrogens is 222 g/mol. The molecule has 0 saturated heterocycles. The number of hydrogen-bond donors (Lipinski definition) is 1. The first kappa shape index (κ1) is 11.3. The van der Waals surface area contributed by atoms with Crippen molar-refractivity contribution in [1.82, 2.24) is 10.2 Å². The van der Waals surface area contributed by atoms with Crippen molar-refractivity contribution in [2.24, 2.45) is 5.92 Å². The molecule has 1 amide bonds. The van der Waals surface area contributed by atoms with E-state index in [2.05, 4.69) is 27.7 Å². The summed E-state index contributed by atoms with van der Waals surface area (Å²) < 4.78 is 0. The van der Waals surface area contributed by atoms with E-state index < -0.39 is 0 Å².